The third-order valence-electron chi connectivity index (χ3n) is 5.94. The first kappa shape index (κ1) is 21.3. The Morgan fingerprint density at radius 2 is 2.03 bits per heavy atom. The molecule has 2 aromatic carbocycles. The number of hydrogen-bond acceptors (Lipinski definition) is 5. The van der Waals surface area contributed by atoms with Crippen LogP contribution in [0.4, 0.5) is 0 Å². The van der Waals surface area contributed by atoms with Crippen molar-refractivity contribution in [2.24, 2.45) is 0 Å². The highest BCUT2D eigenvalue weighted by Gasteiger charge is 2.44. The van der Waals surface area contributed by atoms with Gasteiger partial charge in [0.15, 0.2) is 0 Å². The summed E-state index contributed by atoms with van der Waals surface area (Å²) in [6.45, 7) is 10.6. The molecule has 31 heavy (non-hydrogen) atoms. The number of rotatable bonds is 6. The van der Waals surface area contributed by atoms with Crippen LogP contribution in [0.1, 0.15) is 48.1 Å². The van der Waals surface area contributed by atoms with Gasteiger partial charge in [-0.15, -0.1) is 0 Å². The van der Waals surface area contributed by atoms with E-state index in [1.54, 1.807) is 13.2 Å². The summed E-state index contributed by atoms with van der Waals surface area (Å²) in [5.41, 5.74) is 4.83. The molecule has 0 radical (unpaired) electrons. The van der Waals surface area contributed by atoms with E-state index in [1.807, 2.05) is 31.2 Å². The van der Waals surface area contributed by atoms with E-state index in [9.17, 15) is 5.11 Å². The quantitative estimate of drug-likeness (QED) is 0.661. The number of aryl methyl sites for hydroxylation is 1. The van der Waals surface area contributed by atoms with Crippen LogP contribution in [0.15, 0.2) is 48.6 Å². The zero-order valence-corrected chi connectivity index (χ0v) is 18.6. The van der Waals surface area contributed by atoms with Gasteiger partial charge in [0.1, 0.15) is 42.3 Å². The van der Waals surface area contributed by atoms with E-state index < -0.39 is 6.10 Å². The number of methoxy groups -OCH3 is 1. The van der Waals surface area contributed by atoms with E-state index in [1.165, 1.54) is 5.57 Å². The molecule has 4 rings (SSSR count). The van der Waals surface area contributed by atoms with Gasteiger partial charge in [0.2, 0.25) is 0 Å². The predicted octanol–water partition coefficient (Wildman–Crippen LogP) is 5.05. The minimum Gasteiger partial charge on any atom is -0.496 e. The first-order chi connectivity index (χ1) is 14.9. The van der Waals surface area contributed by atoms with Crippen molar-refractivity contribution in [2.75, 3.05) is 20.3 Å². The molecule has 2 aromatic rings. The normalized spacial score (nSPS) is 20.9. The number of aliphatic hydroxyl groups is 1. The molecule has 2 aliphatic rings. The number of fused-ring (bicyclic) bond motifs is 4. The lowest BCUT2D eigenvalue weighted by Gasteiger charge is -2.42. The van der Waals surface area contributed by atoms with Crippen molar-refractivity contribution >= 4 is 0 Å². The van der Waals surface area contributed by atoms with Gasteiger partial charge in [-0.3, -0.25) is 0 Å². The number of aliphatic hydroxyl groups excluding tert-OH is 1. The molecule has 164 valence electrons. The fourth-order valence-electron chi connectivity index (χ4n) is 4.37. The Morgan fingerprint density at radius 3 is 2.74 bits per heavy atom. The minimum atomic E-state index is -0.720. The van der Waals surface area contributed by atoms with Crippen LogP contribution in [0.3, 0.4) is 0 Å². The molecule has 1 N–H and O–H groups in total. The standard InChI is InChI=1S/C26H30O5/c1-6-11-29-20-10-9-18-25(27)24-19-13-21(28-5)16(4)12-22(19)30-14-23(24)31-26(18)17(20)8-7-15(2)3/h6-7,9-10,12-13,23-25,27H,1,8,11,14H2,2-5H3/t23-,24+,25?/m1/s1. The predicted molar refractivity (Wildman–Crippen MR) is 121 cm³/mol. The molecule has 0 aromatic heterocycles. The van der Waals surface area contributed by atoms with Crippen LogP contribution in [0, 0.1) is 6.92 Å². The monoisotopic (exact) mass is 422 g/mol. The van der Waals surface area contributed by atoms with Crippen molar-refractivity contribution in [1.29, 1.82) is 0 Å². The van der Waals surface area contributed by atoms with Gasteiger partial charge >= 0.3 is 0 Å². The van der Waals surface area contributed by atoms with Gasteiger partial charge in [-0.05, 0) is 57.0 Å². The molecule has 0 saturated heterocycles. The summed E-state index contributed by atoms with van der Waals surface area (Å²) in [5.74, 6) is 2.76. The average molecular weight is 423 g/mol. The third-order valence-corrected chi connectivity index (χ3v) is 5.94. The summed E-state index contributed by atoms with van der Waals surface area (Å²) in [6, 6.07) is 7.75. The molecule has 0 spiro atoms. The number of allylic oxidation sites excluding steroid dienone is 2. The first-order valence-corrected chi connectivity index (χ1v) is 10.6. The van der Waals surface area contributed by atoms with Crippen molar-refractivity contribution in [3.63, 3.8) is 0 Å². The Balaban J connectivity index is 1.79. The molecule has 0 bridgehead atoms. The maximum Gasteiger partial charge on any atom is 0.142 e. The Bertz CT molecular complexity index is 1020. The first-order valence-electron chi connectivity index (χ1n) is 10.6. The Kier molecular flexibility index (Phi) is 5.96. The van der Waals surface area contributed by atoms with E-state index in [-0.39, 0.29) is 12.0 Å². The van der Waals surface area contributed by atoms with Gasteiger partial charge in [-0.1, -0.05) is 24.3 Å². The maximum atomic E-state index is 11.5. The topological polar surface area (TPSA) is 57.2 Å². The molecule has 2 heterocycles. The highest BCUT2D eigenvalue weighted by atomic mass is 16.5. The number of benzene rings is 2. The smallest absolute Gasteiger partial charge is 0.142 e. The fourth-order valence-corrected chi connectivity index (χ4v) is 4.37. The number of hydrogen-bond donors (Lipinski definition) is 1. The summed E-state index contributed by atoms with van der Waals surface area (Å²) >= 11 is 0. The second kappa shape index (κ2) is 8.67. The molecule has 5 heteroatoms. The summed E-state index contributed by atoms with van der Waals surface area (Å²) in [5, 5.41) is 11.5. The SMILES string of the molecule is C=CCOc1ccc2c(c1CC=C(C)C)O[C@@H]1COc3cc(C)c(OC)cc3[C@@H]1C2O. The Hall–Kier alpha value is -2.92. The number of ether oxygens (including phenoxy) is 4. The van der Waals surface area contributed by atoms with Crippen molar-refractivity contribution in [1.82, 2.24) is 0 Å². The molecular formula is C26H30O5. The van der Waals surface area contributed by atoms with Crippen molar-refractivity contribution < 1.29 is 24.1 Å². The van der Waals surface area contributed by atoms with Gasteiger partial charge in [-0.2, -0.15) is 0 Å². The summed E-state index contributed by atoms with van der Waals surface area (Å²) in [6.07, 6.45) is 3.49. The van der Waals surface area contributed by atoms with E-state index in [4.69, 9.17) is 18.9 Å². The van der Waals surface area contributed by atoms with Crippen LogP contribution in [0.25, 0.3) is 0 Å². The molecule has 1 unspecified atom stereocenters. The van der Waals surface area contributed by atoms with Crippen LogP contribution in [0.5, 0.6) is 23.0 Å². The highest BCUT2D eigenvalue weighted by Crippen LogP contribution is 2.52. The van der Waals surface area contributed by atoms with Crippen LogP contribution in [-0.4, -0.2) is 31.5 Å². The van der Waals surface area contributed by atoms with Crippen molar-refractivity contribution in [3.8, 4) is 23.0 Å². The van der Waals surface area contributed by atoms with Crippen LogP contribution in [0.2, 0.25) is 0 Å². The van der Waals surface area contributed by atoms with Gasteiger partial charge < -0.3 is 24.1 Å². The molecule has 0 fully saturated rings. The summed E-state index contributed by atoms with van der Waals surface area (Å²) in [4.78, 5) is 0. The van der Waals surface area contributed by atoms with E-state index in [0.717, 1.165) is 39.5 Å². The highest BCUT2D eigenvalue weighted by molar-refractivity contribution is 5.57. The molecule has 5 nitrogen and oxygen atoms in total. The molecule has 3 atom stereocenters. The van der Waals surface area contributed by atoms with Crippen LogP contribution in [-0.2, 0) is 6.42 Å². The van der Waals surface area contributed by atoms with Crippen LogP contribution < -0.4 is 18.9 Å². The maximum absolute atomic E-state index is 11.5. The van der Waals surface area contributed by atoms with E-state index in [0.29, 0.717) is 25.4 Å². The van der Waals surface area contributed by atoms with Gasteiger partial charge in [0, 0.05) is 16.7 Å². The van der Waals surface area contributed by atoms with E-state index >= 15 is 0 Å². The Morgan fingerprint density at radius 1 is 1.23 bits per heavy atom. The summed E-state index contributed by atoms with van der Waals surface area (Å²) in [7, 11) is 1.65. The van der Waals surface area contributed by atoms with Crippen molar-refractivity contribution in [3.05, 3.63) is 70.8 Å². The molecule has 0 amide bonds. The summed E-state index contributed by atoms with van der Waals surface area (Å²) < 4.78 is 23.9. The second-order valence-electron chi connectivity index (χ2n) is 8.34. The van der Waals surface area contributed by atoms with Crippen molar-refractivity contribution in [2.45, 2.75) is 45.3 Å². The van der Waals surface area contributed by atoms with E-state index in [2.05, 4.69) is 26.5 Å². The zero-order chi connectivity index (χ0) is 22.1. The zero-order valence-electron chi connectivity index (χ0n) is 18.6. The largest absolute Gasteiger partial charge is 0.496 e. The Labute approximate surface area is 183 Å². The minimum absolute atomic E-state index is 0.234. The molecular weight excluding hydrogens is 392 g/mol. The molecule has 2 aliphatic heterocycles. The average Bonchev–Trinajstić information content (AvgIpc) is 2.75. The third kappa shape index (κ3) is 3.90. The van der Waals surface area contributed by atoms with Crippen LogP contribution >= 0.6 is 0 Å². The second-order valence-corrected chi connectivity index (χ2v) is 8.34. The molecule has 0 saturated carbocycles. The van der Waals surface area contributed by atoms with Gasteiger partial charge in [-0.25, -0.2) is 0 Å². The lowest BCUT2D eigenvalue weighted by Crippen LogP contribution is -2.42. The lowest BCUT2D eigenvalue weighted by molar-refractivity contribution is 0.000647. The van der Waals surface area contributed by atoms with Gasteiger partial charge in [0.05, 0.1) is 19.1 Å². The van der Waals surface area contributed by atoms with Gasteiger partial charge in [0.25, 0.3) is 0 Å². The fraction of sp³-hybridized carbons (Fsp3) is 0.385. The lowest BCUT2D eigenvalue weighted by atomic mass is 9.79. The molecule has 0 aliphatic carbocycles.